The highest BCUT2D eigenvalue weighted by molar-refractivity contribution is 6.54. The first-order chi connectivity index (χ1) is 70.7. The topological polar surface area (TPSA) is 193 Å². The first-order valence-electron chi connectivity index (χ1n) is 53.1. The van der Waals surface area contributed by atoms with Gasteiger partial charge in [0, 0.05) is 82.8 Å². The summed E-state index contributed by atoms with van der Waals surface area (Å²) in [5.41, 5.74) is 1.91. The smallest absolute Gasteiger partial charge is 0.266 e. The van der Waals surface area contributed by atoms with Crippen LogP contribution < -0.4 is 63.4 Å². The van der Waals surface area contributed by atoms with Crippen LogP contribution in [-0.4, -0.2) is 40.7 Å². The summed E-state index contributed by atoms with van der Waals surface area (Å²) in [4.78, 5) is 113. The third kappa shape index (κ3) is 12.5. The molecule has 0 aliphatic carbocycles. The Morgan fingerprint density at radius 1 is 0.209 bits per heavy atom. The van der Waals surface area contributed by atoms with Crippen molar-refractivity contribution in [3.05, 3.63) is 281 Å². The van der Waals surface area contributed by atoms with Gasteiger partial charge in [0.25, 0.3) is 44.5 Å². The van der Waals surface area contributed by atoms with E-state index in [4.69, 9.17) is 18.9 Å². The normalized spacial score (nSPS) is 13.5. The van der Waals surface area contributed by atoms with Gasteiger partial charge in [0.1, 0.15) is 45.4 Å². The molecule has 148 heavy (non-hydrogen) atoms. The molecule has 0 radical (unpaired) electrons. The summed E-state index contributed by atoms with van der Waals surface area (Å²) >= 11 is 0. The van der Waals surface area contributed by atoms with Gasteiger partial charge in [-0.05, 0) is 407 Å². The fourth-order valence-corrected chi connectivity index (χ4v) is 27.4. The van der Waals surface area contributed by atoms with Gasteiger partial charge in [0.15, 0.2) is 0 Å². The molecule has 1 atom stereocenters. The van der Waals surface area contributed by atoms with E-state index in [-0.39, 0.29) is 62.6 Å². The van der Waals surface area contributed by atoms with E-state index in [1.165, 1.54) is 89.9 Å². The van der Waals surface area contributed by atoms with Crippen molar-refractivity contribution >= 4 is 259 Å². The van der Waals surface area contributed by atoms with Crippen molar-refractivity contribution in [3.8, 4) is 28.7 Å². The fourth-order valence-electron chi connectivity index (χ4n) is 27.4. The minimum Gasteiger partial charge on any atom is -0.487 e. The van der Waals surface area contributed by atoms with Crippen LogP contribution >= 0.6 is 0 Å². The first kappa shape index (κ1) is 92.4. The SMILES string of the molecule is CCC(CC)n1c(=O)c2c3cc(C)c4ccc5ccc6c(OC(C)(C)C)cc(c2c1=O)c1c6c5c4c31.CCCC(CC)n1c(=O)c2c3cc(C)c4ccc5ccc6c(OC(C)(C)C)cc(c2c1=O)c1c6c5c4c31.CCCC(CCC)n1c(=O)c2c3cc(C)c4ccc5ccc6c(OC(C)(C)C)cc(c2c1=O)c1c6c5c4c31.Cc1cc2c3c(=O)n(-c4ccccc4)c(=O)c3c3cc(OC(C)(C)C)c4ccc5ccc1c1c5c4c3c21. The van der Waals surface area contributed by atoms with E-state index in [1.807, 2.05) is 152 Å². The molecule has 1 unspecified atom stereocenters. The zero-order chi connectivity index (χ0) is 103. The number of para-hydroxylation sites is 1. The summed E-state index contributed by atoms with van der Waals surface area (Å²) in [5, 5.41) is 47.8. The Labute approximate surface area is 850 Å². The minimum absolute atomic E-state index is 0.0833. The maximum absolute atomic E-state index is 14.3. The van der Waals surface area contributed by atoms with Crippen molar-refractivity contribution in [2.45, 2.75) is 251 Å². The standard InChI is InChI=1S/C34H33NO3.C33H23NO3.C33H31NO3.C32H29NO3/c1-7-9-19(10-8-2)35-32(36)30-22-15-17(3)20-13-11-18-12-14-21-24(38-34(4,5)6)16-23(31(30)33(35)37)29-27(21)25(18)26(20)28(22)29;1-16-14-21-27-25-19(16)12-10-17-11-13-20-23(37-33(2,3)4)15-22(28(27)26(20)24(17)25)30-29(21)31(35)34(32(30)36)18-8-6-5-7-9-18;1-7-9-18(8-2)34-31(35)29-21-14-16(3)19-12-10-17-11-13-20-23(37-33(4,5)6)15-22(30(29)32(34)36)28-26(20)24(17)25(19)27(21)28;1-7-17(8-2)33-30(34)28-20-13-15(3)18-11-9-16-10-12-19-22(36-32(4,5)6)14-21(29(28)31(33)35)27-25(19)23(16)24(18)26(20)27/h11-16,19H,7-10H2,1-6H3;5-15H,1-4H3;10-15,18H,7-9H2,1-6H3;9-14,17H,7-8H2,1-6H3. The number of hydrogen-bond donors (Lipinski definition) is 0. The van der Waals surface area contributed by atoms with Crippen LogP contribution in [0.5, 0.6) is 23.0 Å². The summed E-state index contributed by atoms with van der Waals surface area (Å²) in [6, 6.07) is 60.2. The second-order valence-corrected chi connectivity index (χ2v) is 46.6. The molecule has 0 amide bonds. The molecule has 0 saturated carbocycles. The summed E-state index contributed by atoms with van der Waals surface area (Å²) in [6.45, 7) is 45.4. The fraction of sp³-hybridized carbons (Fsp3) is 0.288. The molecule has 29 rings (SSSR count). The van der Waals surface area contributed by atoms with Crippen molar-refractivity contribution in [1.82, 2.24) is 18.3 Å². The third-order valence-corrected chi connectivity index (χ3v) is 32.8. The molecule has 25 aromatic carbocycles. The van der Waals surface area contributed by atoms with Crippen LogP contribution in [0.3, 0.4) is 0 Å². The molecule has 29 aromatic rings. The largest absolute Gasteiger partial charge is 0.487 e. The van der Waals surface area contributed by atoms with Crippen LogP contribution in [0.1, 0.15) is 223 Å². The Kier molecular flexibility index (Phi) is 19.7. The summed E-state index contributed by atoms with van der Waals surface area (Å²) in [7, 11) is 0. The zero-order valence-corrected chi connectivity index (χ0v) is 88.0. The van der Waals surface area contributed by atoms with E-state index in [9.17, 15) is 38.4 Å². The highest BCUT2D eigenvalue weighted by atomic mass is 16.5. The van der Waals surface area contributed by atoms with Crippen LogP contribution in [-0.2, 0) is 0 Å². The maximum Gasteiger partial charge on any atom is 0.266 e. The van der Waals surface area contributed by atoms with Crippen molar-refractivity contribution < 1.29 is 18.9 Å². The van der Waals surface area contributed by atoms with Gasteiger partial charge in [-0.1, -0.05) is 152 Å². The molecule has 4 heterocycles. The lowest BCUT2D eigenvalue weighted by molar-refractivity contribution is 0.133. The Morgan fingerprint density at radius 2 is 0.405 bits per heavy atom. The Morgan fingerprint density at radius 3 is 0.635 bits per heavy atom. The second-order valence-electron chi connectivity index (χ2n) is 46.6. The molecule has 16 nitrogen and oxygen atoms in total. The maximum atomic E-state index is 14.3. The van der Waals surface area contributed by atoms with Crippen LogP contribution in [0.2, 0.25) is 0 Å². The summed E-state index contributed by atoms with van der Waals surface area (Å²) in [6.07, 6.45) is 7.48. The number of aromatic nitrogens is 4. The van der Waals surface area contributed by atoms with Gasteiger partial charge < -0.3 is 18.9 Å². The first-order valence-corrected chi connectivity index (χ1v) is 53.1. The molecule has 4 aromatic heterocycles. The summed E-state index contributed by atoms with van der Waals surface area (Å²) < 4.78 is 32.0. The second kappa shape index (κ2) is 31.6. The lowest BCUT2D eigenvalue weighted by Crippen LogP contribution is -2.30. The summed E-state index contributed by atoms with van der Waals surface area (Å²) in [5.74, 6) is 3.02. The molecule has 0 N–H and O–H groups in total. The number of aryl methyl sites for hydroxylation is 4. The average Bonchev–Trinajstić information content (AvgIpc) is 1.52. The molecule has 736 valence electrons. The van der Waals surface area contributed by atoms with E-state index >= 15 is 0 Å². The van der Waals surface area contributed by atoms with E-state index in [2.05, 4.69) is 177 Å². The molecule has 0 fully saturated rings. The van der Waals surface area contributed by atoms with Gasteiger partial charge in [0.05, 0.1) is 48.8 Å². The number of ether oxygens (including phenoxy) is 4. The number of hydrogen-bond acceptors (Lipinski definition) is 12. The van der Waals surface area contributed by atoms with Crippen molar-refractivity contribution in [2.75, 3.05) is 0 Å². The van der Waals surface area contributed by atoms with Gasteiger partial charge in [0.2, 0.25) is 0 Å². The van der Waals surface area contributed by atoms with E-state index in [0.717, 1.165) is 238 Å². The molecule has 0 bridgehead atoms. The van der Waals surface area contributed by atoms with Crippen molar-refractivity contribution in [2.24, 2.45) is 0 Å². The molecular formula is C132H116N4O12. The van der Waals surface area contributed by atoms with Gasteiger partial charge in [-0.25, -0.2) is 4.57 Å². The molecular weight excluding hydrogens is 1830 g/mol. The van der Waals surface area contributed by atoms with Gasteiger partial charge >= 0.3 is 0 Å². The minimum atomic E-state index is -0.428. The van der Waals surface area contributed by atoms with Crippen LogP contribution in [0.4, 0.5) is 0 Å². The number of fused-ring (bicyclic) bond motifs is 12. The lowest BCUT2D eigenvalue weighted by atomic mass is 9.93. The molecule has 16 heteroatoms. The Balaban J connectivity index is 0.0000000999. The van der Waals surface area contributed by atoms with Gasteiger partial charge in [-0.2, -0.15) is 0 Å². The predicted octanol–water partition coefficient (Wildman–Crippen LogP) is 31.7. The van der Waals surface area contributed by atoms with Gasteiger partial charge in [-0.15, -0.1) is 0 Å². The highest BCUT2D eigenvalue weighted by Crippen LogP contribution is 2.60. The van der Waals surface area contributed by atoms with Crippen LogP contribution in [0, 0.1) is 27.7 Å². The van der Waals surface area contributed by atoms with Crippen LogP contribution in [0.25, 0.3) is 264 Å². The quantitative estimate of drug-likeness (QED) is 0.0784. The Bertz CT molecular complexity index is 11100. The third-order valence-electron chi connectivity index (χ3n) is 32.8. The number of benzene rings is 21. The molecule has 0 spiro atoms. The zero-order valence-electron chi connectivity index (χ0n) is 88.0. The highest BCUT2D eigenvalue weighted by Gasteiger charge is 2.39. The van der Waals surface area contributed by atoms with E-state index in [1.54, 1.807) is 9.13 Å². The van der Waals surface area contributed by atoms with Crippen molar-refractivity contribution in [1.29, 1.82) is 0 Å². The predicted molar refractivity (Wildman–Crippen MR) is 622 cm³/mol. The average molecular weight is 1950 g/mol. The number of nitrogens with zero attached hydrogens (tertiary/aromatic N) is 4. The van der Waals surface area contributed by atoms with E-state index in [0.29, 0.717) is 48.8 Å². The monoisotopic (exact) mass is 1950 g/mol. The van der Waals surface area contributed by atoms with E-state index < -0.39 is 22.4 Å². The molecule has 0 saturated heterocycles. The lowest BCUT2D eigenvalue weighted by Gasteiger charge is -2.23. The number of rotatable bonds is 17. The van der Waals surface area contributed by atoms with Gasteiger partial charge in [-0.3, -0.25) is 52.1 Å². The van der Waals surface area contributed by atoms with Crippen molar-refractivity contribution in [3.63, 3.8) is 0 Å². The molecule has 0 aliphatic rings. The Hall–Kier alpha value is -15.4. The van der Waals surface area contributed by atoms with Crippen LogP contribution in [0.15, 0.2) is 214 Å². The molecule has 0 aliphatic heterocycles.